The van der Waals surface area contributed by atoms with Gasteiger partial charge < -0.3 is 15.4 Å². The highest BCUT2D eigenvalue weighted by molar-refractivity contribution is 5.70. The Morgan fingerprint density at radius 2 is 2.45 bits per heavy atom. The van der Waals surface area contributed by atoms with Gasteiger partial charge in [0.25, 0.3) is 0 Å². The second kappa shape index (κ2) is 2.37. The van der Waals surface area contributed by atoms with E-state index in [2.05, 4.69) is 0 Å². The molecule has 2 rings (SSSR count). The topological polar surface area (TPSA) is 55.6 Å². The molecule has 2 atom stereocenters. The molecule has 0 bridgehead atoms. The number of carbonyl (C=O) groups is 1. The van der Waals surface area contributed by atoms with Crippen LogP contribution in [0.4, 0.5) is 4.79 Å². The lowest BCUT2D eigenvalue weighted by atomic mass is 10.00. The van der Waals surface area contributed by atoms with E-state index >= 15 is 0 Å². The number of nitrogens with two attached hydrogens (primary N) is 1. The summed E-state index contributed by atoms with van der Waals surface area (Å²) in [5.41, 5.74) is 5.74. The molecule has 0 spiro atoms. The van der Waals surface area contributed by atoms with Crippen molar-refractivity contribution in [2.75, 3.05) is 13.2 Å². The quantitative estimate of drug-likeness (QED) is 0.534. The Balaban J connectivity index is 2.06. The van der Waals surface area contributed by atoms with Crippen molar-refractivity contribution in [2.24, 2.45) is 5.73 Å². The van der Waals surface area contributed by atoms with Crippen LogP contribution in [0.25, 0.3) is 0 Å². The summed E-state index contributed by atoms with van der Waals surface area (Å²) in [6.07, 6.45) is 1.64. The first kappa shape index (κ1) is 6.91. The molecule has 0 aromatic carbocycles. The van der Waals surface area contributed by atoms with Gasteiger partial charge in [-0.05, 0) is 12.8 Å². The number of ether oxygens (including phenoxy) is 1. The lowest BCUT2D eigenvalue weighted by Gasteiger charge is -2.30. The van der Waals surface area contributed by atoms with Crippen LogP contribution in [0, 0.1) is 0 Å². The fraction of sp³-hybridized carbons (Fsp3) is 0.857. The van der Waals surface area contributed by atoms with Crippen molar-refractivity contribution in [3.63, 3.8) is 0 Å². The second-order valence-electron chi connectivity index (χ2n) is 3.21. The number of hydrogen-bond donors (Lipinski definition) is 1. The number of fused-ring (bicyclic) bond motifs is 1. The zero-order valence-corrected chi connectivity index (χ0v) is 6.32. The van der Waals surface area contributed by atoms with Crippen molar-refractivity contribution in [2.45, 2.75) is 24.9 Å². The highest BCUT2D eigenvalue weighted by atomic mass is 16.6. The monoisotopic (exact) mass is 156 g/mol. The number of carbonyl (C=O) groups excluding carboxylic acids is 1. The van der Waals surface area contributed by atoms with Gasteiger partial charge in [0, 0.05) is 12.6 Å². The third kappa shape index (κ3) is 1.07. The second-order valence-corrected chi connectivity index (χ2v) is 3.21. The average Bonchev–Trinajstić information content (AvgIpc) is 2.32. The first-order valence-electron chi connectivity index (χ1n) is 3.96. The van der Waals surface area contributed by atoms with Gasteiger partial charge in [-0.15, -0.1) is 0 Å². The third-order valence-electron chi connectivity index (χ3n) is 2.39. The number of amides is 1. The molecule has 2 aliphatic rings. The van der Waals surface area contributed by atoms with E-state index in [4.69, 9.17) is 10.5 Å². The number of hydrogen-bond acceptors (Lipinski definition) is 3. The lowest BCUT2D eigenvalue weighted by molar-refractivity contribution is 0.152. The molecule has 0 saturated carbocycles. The maximum atomic E-state index is 11.0. The minimum Gasteiger partial charge on any atom is -0.447 e. The van der Waals surface area contributed by atoms with E-state index in [9.17, 15) is 4.79 Å². The molecule has 2 saturated heterocycles. The molecule has 0 radical (unpaired) electrons. The Kier molecular flexibility index (Phi) is 1.49. The van der Waals surface area contributed by atoms with Gasteiger partial charge in [-0.3, -0.25) is 0 Å². The molecule has 62 valence electrons. The van der Waals surface area contributed by atoms with Gasteiger partial charge in [0.05, 0.1) is 6.04 Å². The van der Waals surface area contributed by atoms with Gasteiger partial charge in [-0.1, -0.05) is 0 Å². The Labute approximate surface area is 65.3 Å². The van der Waals surface area contributed by atoms with Crippen molar-refractivity contribution in [3.05, 3.63) is 0 Å². The van der Waals surface area contributed by atoms with Gasteiger partial charge >= 0.3 is 6.09 Å². The summed E-state index contributed by atoms with van der Waals surface area (Å²) in [7, 11) is 0. The molecule has 2 fully saturated rings. The summed E-state index contributed by atoms with van der Waals surface area (Å²) in [5, 5.41) is 0. The van der Waals surface area contributed by atoms with Crippen molar-refractivity contribution in [1.82, 2.24) is 4.90 Å². The number of nitrogens with zero attached hydrogens (tertiary/aromatic N) is 1. The molecular weight excluding hydrogens is 144 g/mol. The highest BCUT2D eigenvalue weighted by Gasteiger charge is 2.36. The van der Waals surface area contributed by atoms with Crippen LogP contribution in [0.2, 0.25) is 0 Å². The van der Waals surface area contributed by atoms with Crippen LogP contribution in [-0.2, 0) is 4.74 Å². The molecule has 11 heavy (non-hydrogen) atoms. The number of cyclic esters (lactones) is 1. The fourth-order valence-corrected chi connectivity index (χ4v) is 1.73. The molecule has 0 unspecified atom stereocenters. The summed E-state index contributed by atoms with van der Waals surface area (Å²) in [6, 6.07) is 0.511. The molecular formula is C7H12N2O2. The fourth-order valence-electron chi connectivity index (χ4n) is 1.73. The summed E-state index contributed by atoms with van der Waals surface area (Å²) in [6.45, 7) is 1.30. The van der Waals surface area contributed by atoms with Gasteiger partial charge in [0.15, 0.2) is 0 Å². The summed E-state index contributed by atoms with van der Waals surface area (Å²) >= 11 is 0. The van der Waals surface area contributed by atoms with Crippen molar-refractivity contribution in [1.29, 1.82) is 0 Å². The van der Waals surface area contributed by atoms with Gasteiger partial charge in [0.2, 0.25) is 0 Å². The molecule has 4 nitrogen and oxygen atoms in total. The van der Waals surface area contributed by atoms with E-state index in [1.54, 1.807) is 4.90 Å². The predicted molar refractivity (Wildman–Crippen MR) is 39.1 cm³/mol. The van der Waals surface area contributed by atoms with Crippen LogP contribution < -0.4 is 5.73 Å². The number of piperidine rings is 1. The predicted octanol–water partition coefficient (Wildman–Crippen LogP) is -0.0717. The summed E-state index contributed by atoms with van der Waals surface area (Å²) in [4.78, 5) is 12.8. The minimum atomic E-state index is -0.165. The van der Waals surface area contributed by atoms with Crippen LogP contribution in [0.3, 0.4) is 0 Å². The van der Waals surface area contributed by atoms with Gasteiger partial charge in [-0.25, -0.2) is 4.79 Å². The highest BCUT2D eigenvalue weighted by Crippen LogP contribution is 2.22. The summed E-state index contributed by atoms with van der Waals surface area (Å²) in [5.74, 6) is 0. The Morgan fingerprint density at radius 1 is 1.64 bits per heavy atom. The van der Waals surface area contributed by atoms with E-state index in [-0.39, 0.29) is 18.2 Å². The maximum absolute atomic E-state index is 11.0. The normalized spacial score (nSPS) is 36.8. The minimum absolute atomic E-state index is 0.165. The first-order valence-corrected chi connectivity index (χ1v) is 3.96. The van der Waals surface area contributed by atoms with E-state index in [1.807, 2.05) is 0 Å². The molecule has 2 heterocycles. The molecule has 4 heteroatoms. The molecule has 0 aromatic rings. The molecule has 0 aromatic heterocycles. The van der Waals surface area contributed by atoms with E-state index in [1.165, 1.54) is 0 Å². The van der Waals surface area contributed by atoms with Crippen LogP contribution in [0.1, 0.15) is 12.8 Å². The van der Waals surface area contributed by atoms with Crippen molar-refractivity contribution >= 4 is 6.09 Å². The Hall–Kier alpha value is -0.770. The molecule has 0 aliphatic carbocycles. The van der Waals surface area contributed by atoms with Crippen molar-refractivity contribution < 1.29 is 9.53 Å². The van der Waals surface area contributed by atoms with Crippen LogP contribution in [0.15, 0.2) is 0 Å². The van der Waals surface area contributed by atoms with Crippen LogP contribution in [0.5, 0.6) is 0 Å². The first-order chi connectivity index (χ1) is 5.27. The Morgan fingerprint density at radius 3 is 3.27 bits per heavy atom. The largest absolute Gasteiger partial charge is 0.447 e. The summed E-state index contributed by atoms with van der Waals surface area (Å²) < 4.78 is 4.88. The van der Waals surface area contributed by atoms with E-state index < -0.39 is 0 Å². The van der Waals surface area contributed by atoms with E-state index in [0.717, 1.165) is 19.4 Å². The molecule has 1 amide bonds. The van der Waals surface area contributed by atoms with Gasteiger partial charge in [0.1, 0.15) is 6.61 Å². The standard InChI is InChI=1S/C7H12N2O2/c8-5-1-2-9-6(3-5)4-11-7(9)10/h5-6H,1-4,8H2/t5-,6+/m0/s1. The van der Waals surface area contributed by atoms with Crippen LogP contribution in [-0.4, -0.2) is 36.2 Å². The SMILES string of the molecule is N[C@H]1CCN2C(=O)OC[C@H]2C1. The maximum Gasteiger partial charge on any atom is 0.410 e. The average molecular weight is 156 g/mol. The number of rotatable bonds is 0. The molecule has 2 aliphatic heterocycles. The third-order valence-corrected chi connectivity index (χ3v) is 2.39. The smallest absolute Gasteiger partial charge is 0.410 e. The van der Waals surface area contributed by atoms with Gasteiger partial charge in [-0.2, -0.15) is 0 Å². The zero-order valence-electron chi connectivity index (χ0n) is 6.32. The molecule has 2 N–H and O–H groups in total. The van der Waals surface area contributed by atoms with E-state index in [0.29, 0.717) is 6.61 Å². The zero-order chi connectivity index (χ0) is 7.84. The Bertz CT molecular complexity index is 183. The lowest BCUT2D eigenvalue weighted by Crippen LogP contribution is -2.45. The van der Waals surface area contributed by atoms with Crippen molar-refractivity contribution in [3.8, 4) is 0 Å². The van der Waals surface area contributed by atoms with Crippen LogP contribution >= 0.6 is 0 Å².